The summed E-state index contributed by atoms with van der Waals surface area (Å²) in [4.78, 5) is 40.6. The van der Waals surface area contributed by atoms with Crippen molar-refractivity contribution in [2.75, 3.05) is 28.2 Å². The fourth-order valence-electron chi connectivity index (χ4n) is 4.12. The number of rotatable bonds is 3. The van der Waals surface area contributed by atoms with Gasteiger partial charge in [-0.25, -0.2) is 0 Å². The predicted octanol–water partition coefficient (Wildman–Crippen LogP) is 3.20. The summed E-state index contributed by atoms with van der Waals surface area (Å²) in [5, 5.41) is 2.98. The summed E-state index contributed by atoms with van der Waals surface area (Å²) >= 11 is 0. The molecule has 0 radical (unpaired) electrons. The van der Waals surface area contributed by atoms with Gasteiger partial charge in [0.25, 0.3) is 0 Å². The van der Waals surface area contributed by atoms with Crippen LogP contribution in [-0.2, 0) is 20.8 Å². The van der Waals surface area contributed by atoms with Gasteiger partial charge < -0.3 is 15.1 Å². The highest BCUT2D eigenvalue weighted by molar-refractivity contribution is 6.04. The minimum absolute atomic E-state index is 0.0249. The van der Waals surface area contributed by atoms with E-state index >= 15 is 0 Å². The van der Waals surface area contributed by atoms with E-state index in [1.165, 1.54) is 0 Å². The Morgan fingerprint density at radius 2 is 1.90 bits per heavy atom. The van der Waals surface area contributed by atoms with Gasteiger partial charge in [-0.05, 0) is 61.2 Å². The Morgan fingerprint density at radius 1 is 1.10 bits per heavy atom. The van der Waals surface area contributed by atoms with E-state index < -0.39 is 0 Å². The maximum Gasteiger partial charge on any atom is 0.229 e. The van der Waals surface area contributed by atoms with E-state index in [-0.39, 0.29) is 30.1 Å². The predicted molar refractivity (Wildman–Crippen MR) is 113 cm³/mol. The molecule has 0 aromatic heterocycles. The third-order valence-corrected chi connectivity index (χ3v) is 5.80. The Labute approximate surface area is 170 Å². The van der Waals surface area contributed by atoms with E-state index in [2.05, 4.69) is 5.32 Å². The van der Waals surface area contributed by atoms with Crippen LogP contribution in [-0.4, -0.2) is 30.8 Å². The summed E-state index contributed by atoms with van der Waals surface area (Å²) in [5.41, 5.74) is 5.64. The minimum Gasteiger partial charge on any atom is -0.326 e. The van der Waals surface area contributed by atoms with Gasteiger partial charge in [0.15, 0.2) is 0 Å². The molecule has 3 amide bonds. The number of aryl methyl sites for hydroxylation is 2. The van der Waals surface area contributed by atoms with Gasteiger partial charge in [0.2, 0.25) is 17.7 Å². The molecule has 2 aliphatic rings. The molecule has 2 aromatic rings. The molecule has 6 heteroatoms. The quantitative estimate of drug-likeness (QED) is 0.874. The Balaban J connectivity index is 1.49. The SMILES string of the molecule is CC(=O)N1CCc2cc(N3CC(C(=O)Nc4cc(C)ccc4C)CC3=O)ccc21. The van der Waals surface area contributed by atoms with Crippen LogP contribution >= 0.6 is 0 Å². The topological polar surface area (TPSA) is 69.7 Å². The van der Waals surface area contributed by atoms with Gasteiger partial charge >= 0.3 is 0 Å². The zero-order chi connectivity index (χ0) is 20.7. The third-order valence-electron chi connectivity index (χ3n) is 5.80. The summed E-state index contributed by atoms with van der Waals surface area (Å²) < 4.78 is 0. The lowest BCUT2D eigenvalue weighted by Gasteiger charge is -2.19. The van der Waals surface area contributed by atoms with Crippen molar-refractivity contribution >= 4 is 34.8 Å². The van der Waals surface area contributed by atoms with Gasteiger partial charge in [-0.2, -0.15) is 0 Å². The average Bonchev–Trinajstić information content (AvgIpc) is 3.27. The fraction of sp³-hybridized carbons (Fsp3) is 0.348. The molecule has 2 aliphatic heterocycles. The molecular weight excluding hydrogens is 366 g/mol. The molecule has 1 saturated heterocycles. The number of hydrogen-bond donors (Lipinski definition) is 1. The van der Waals surface area contributed by atoms with Crippen LogP contribution in [0.15, 0.2) is 36.4 Å². The molecule has 29 heavy (non-hydrogen) atoms. The molecule has 0 saturated carbocycles. The van der Waals surface area contributed by atoms with Gasteiger partial charge in [-0.1, -0.05) is 12.1 Å². The molecule has 4 rings (SSSR count). The highest BCUT2D eigenvalue weighted by Gasteiger charge is 2.36. The first kappa shape index (κ1) is 19.2. The maximum absolute atomic E-state index is 12.8. The highest BCUT2D eigenvalue weighted by atomic mass is 16.2. The van der Waals surface area contributed by atoms with Crippen LogP contribution in [0.5, 0.6) is 0 Å². The number of hydrogen-bond acceptors (Lipinski definition) is 3. The van der Waals surface area contributed by atoms with E-state index in [4.69, 9.17) is 0 Å². The van der Waals surface area contributed by atoms with Gasteiger partial charge in [0.05, 0.1) is 5.92 Å². The van der Waals surface area contributed by atoms with Crippen molar-refractivity contribution in [2.24, 2.45) is 5.92 Å². The summed E-state index contributed by atoms with van der Waals surface area (Å²) in [6.07, 6.45) is 0.981. The molecule has 1 N–H and O–H groups in total. The third kappa shape index (κ3) is 3.62. The monoisotopic (exact) mass is 391 g/mol. The molecule has 0 spiro atoms. The van der Waals surface area contributed by atoms with E-state index in [9.17, 15) is 14.4 Å². The zero-order valence-electron chi connectivity index (χ0n) is 17.0. The van der Waals surface area contributed by atoms with Crippen LogP contribution in [0.25, 0.3) is 0 Å². The molecule has 6 nitrogen and oxygen atoms in total. The molecule has 0 bridgehead atoms. The van der Waals surface area contributed by atoms with Gasteiger partial charge in [-0.3, -0.25) is 14.4 Å². The van der Waals surface area contributed by atoms with Crippen LogP contribution < -0.4 is 15.1 Å². The number of amides is 3. The van der Waals surface area contributed by atoms with Crippen molar-refractivity contribution in [3.8, 4) is 0 Å². The van der Waals surface area contributed by atoms with Crippen molar-refractivity contribution in [3.63, 3.8) is 0 Å². The van der Waals surface area contributed by atoms with E-state index in [1.54, 1.807) is 16.7 Å². The highest BCUT2D eigenvalue weighted by Crippen LogP contribution is 2.34. The number of benzene rings is 2. The lowest BCUT2D eigenvalue weighted by Crippen LogP contribution is -2.28. The number of carbonyl (C=O) groups is 3. The Kier molecular flexibility index (Phi) is 4.86. The van der Waals surface area contributed by atoms with Crippen LogP contribution in [0.2, 0.25) is 0 Å². The molecule has 1 atom stereocenters. The number of nitrogens with zero attached hydrogens (tertiary/aromatic N) is 2. The van der Waals surface area contributed by atoms with Crippen LogP contribution in [0.1, 0.15) is 30.0 Å². The summed E-state index contributed by atoms with van der Waals surface area (Å²) in [5.74, 6) is -0.535. The van der Waals surface area contributed by atoms with Gasteiger partial charge in [0, 0.05) is 43.5 Å². The van der Waals surface area contributed by atoms with E-state index in [1.807, 2.05) is 50.2 Å². The van der Waals surface area contributed by atoms with Crippen molar-refractivity contribution in [3.05, 3.63) is 53.1 Å². The first-order chi connectivity index (χ1) is 13.8. The smallest absolute Gasteiger partial charge is 0.229 e. The van der Waals surface area contributed by atoms with Crippen molar-refractivity contribution in [2.45, 2.75) is 33.6 Å². The molecule has 2 heterocycles. The Morgan fingerprint density at radius 3 is 2.66 bits per heavy atom. The number of fused-ring (bicyclic) bond motifs is 1. The second-order valence-electron chi connectivity index (χ2n) is 7.95. The minimum atomic E-state index is -0.385. The van der Waals surface area contributed by atoms with Crippen molar-refractivity contribution in [1.29, 1.82) is 0 Å². The van der Waals surface area contributed by atoms with Gasteiger partial charge in [0.1, 0.15) is 0 Å². The molecule has 1 unspecified atom stereocenters. The second kappa shape index (κ2) is 7.35. The first-order valence-electron chi connectivity index (χ1n) is 9.93. The standard InChI is InChI=1S/C23H25N3O3/c1-14-4-5-15(2)20(10-14)24-23(29)18-12-22(28)26(13-18)19-6-7-21-17(11-19)8-9-25(21)16(3)27/h4-7,10-11,18H,8-9,12-13H2,1-3H3,(H,24,29). The normalized spacial score (nSPS) is 18.2. The summed E-state index contributed by atoms with van der Waals surface area (Å²) in [6, 6.07) is 11.7. The van der Waals surface area contributed by atoms with E-state index in [0.717, 1.165) is 40.2 Å². The number of anilines is 3. The Hall–Kier alpha value is -3.15. The molecule has 0 aliphatic carbocycles. The molecular formula is C23H25N3O3. The van der Waals surface area contributed by atoms with Crippen LogP contribution in [0, 0.1) is 19.8 Å². The maximum atomic E-state index is 12.8. The molecule has 2 aromatic carbocycles. The summed E-state index contributed by atoms with van der Waals surface area (Å²) in [7, 11) is 0. The van der Waals surface area contributed by atoms with Crippen molar-refractivity contribution in [1.82, 2.24) is 0 Å². The first-order valence-corrected chi connectivity index (χ1v) is 9.93. The van der Waals surface area contributed by atoms with Gasteiger partial charge in [-0.15, -0.1) is 0 Å². The van der Waals surface area contributed by atoms with Crippen LogP contribution in [0.3, 0.4) is 0 Å². The second-order valence-corrected chi connectivity index (χ2v) is 7.95. The lowest BCUT2D eigenvalue weighted by atomic mass is 10.1. The fourth-order valence-corrected chi connectivity index (χ4v) is 4.12. The number of nitrogens with one attached hydrogen (secondary N) is 1. The van der Waals surface area contributed by atoms with Crippen molar-refractivity contribution < 1.29 is 14.4 Å². The zero-order valence-corrected chi connectivity index (χ0v) is 17.0. The largest absolute Gasteiger partial charge is 0.326 e. The lowest BCUT2D eigenvalue weighted by molar-refractivity contribution is -0.122. The summed E-state index contributed by atoms with van der Waals surface area (Å²) in [6.45, 7) is 6.53. The Bertz CT molecular complexity index is 1010. The van der Waals surface area contributed by atoms with E-state index in [0.29, 0.717) is 13.1 Å². The average molecular weight is 391 g/mol. The molecule has 1 fully saturated rings. The number of carbonyl (C=O) groups excluding carboxylic acids is 3. The molecule has 150 valence electrons. The van der Waals surface area contributed by atoms with Crippen LogP contribution in [0.4, 0.5) is 17.1 Å².